The summed E-state index contributed by atoms with van der Waals surface area (Å²) in [5.41, 5.74) is 0. The summed E-state index contributed by atoms with van der Waals surface area (Å²) in [5.74, 6) is 2.10. The number of hydrogen-bond acceptors (Lipinski definition) is 4. The zero-order valence-electron chi connectivity index (χ0n) is 9.99. The molecule has 0 bridgehead atoms. The van der Waals surface area contributed by atoms with E-state index in [2.05, 4.69) is 15.3 Å². The molecule has 17 heavy (non-hydrogen) atoms. The lowest BCUT2D eigenvalue weighted by molar-refractivity contribution is 0.164. The van der Waals surface area contributed by atoms with E-state index in [1.807, 2.05) is 6.92 Å². The molecule has 1 aromatic heterocycles. The second kappa shape index (κ2) is 5.65. The van der Waals surface area contributed by atoms with Crippen LogP contribution in [-0.4, -0.2) is 27.7 Å². The first kappa shape index (κ1) is 12.6. The molecule has 1 aromatic rings. The lowest BCUT2D eigenvalue weighted by Gasteiger charge is -2.10. The van der Waals surface area contributed by atoms with E-state index in [0.29, 0.717) is 17.6 Å². The average molecular weight is 256 g/mol. The Balaban J connectivity index is 1.91. The lowest BCUT2D eigenvalue weighted by Crippen LogP contribution is -2.13. The third kappa shape index (κ3) is 3.82. The molecule has 1 heterocycles. The van der Waals surface area contributed by atoms with E-state index in [9.17, 15) is 5.11 Å². The molecule has 0 saturated heterocycles. The monoisotopic (exact) mass is 255 g/mol. The van der Waals surface area contributed by atoms with Gasteiger partial charge in [0, 0.05) is 18.5 Å². The Morgan fingerprint density at radius 2 is 2.29 bits per heavy atom. The van der Waals surface area contributed by atoms with E-state index in [1.54, 1.807) is 6.07 Å². The summed E-state index contributed by atoms with van der Waals surface area (Å²) in [4.78, 5) is 8.65. The Morgan fingerprint density at radius 1 is 1.53 bits per heavy atom. The summed E-state index contributed by atoms with van der Waals surface area (Å²) in [5, 5.41) is 13.1. The molecule has 1 atom stereocenters. The Kier molecular flexibility index (Phi) is 4.18. The maximum absolute atomic E-state index is 9.44. The van der Waals surface area contributed by atoms with Gasteiger partial charge in [0.05, 0.1) is 6.10 Å². The van der Waals surface area contributed by atoms with Crippen molar-refractivity contribution in [3.05, 3.63) is 17.0 Å². The van der Waals surface area contributed by atoms with Gasteiger partial charge in [-0.2, -0.15) is 0 Å². The first-order chi connectivity index (χ1) is 8.19. The van der Waals surface area contributed by atoms with Crippen molar-refractivity contribution in [2.24, 2.45) is 0 Å². The molecule has 2 N–H and O–H groups in total. The van der Waals surface area contributed by atoms with Crippen LogP contribution in [-0.2, 0) is 0 Å². The second-order valence-electron chi connectivity index (χ2n) is 4.49. The van der Waals surface area contributed by atoms with Crippen LogP contribution < -0.4 is 5.32 Å². The predicted molar refractivity (Wildman–Crippen MR) is 68.4 cm³/mol. The largest absolute Gasteiger partial charge is 0.393 e. The van der Waals surface area contributed by atoms with E-state index in [-0.39, 0.29) is 6.10 Å². The van der Waals surface area contributed by atoms with E-state index >= 15 is 0 Å². The molecule has 1 unspecified atom stereocenters. The van der Waals surface area contributed by atoms with Crippen molar-refractivity contribution in [2.75, 3.05) is 11.9 Å². The van der Waals surface area contributed by atoms with Crippen molar-refractivity contribution >= 4 is 17.4 Å². The standard InChI is InChI=1S/C12H18ClN3O/c1-2-9(17)5-6-14-11-7-10(13)15-12(16-11)8-3-4-8/h7-9,17H,2-6H2,1H3,(H,14,15,16). The molecule has 4 nitrogen and oxygen atoms in total. The maximum atomic E-state index is 9.44. The molecular formula is C12H18ClN3O. The lowest BCUT2D eigenvalue weighted by atomic mass is 10.2. The SMILES string of the molecule is CCC(O)CCNc1cc(Cl)nc(C2CC2)n1. The fourth-order valence-electron chi connectivity index (χ4n) is 1.62. The first-order valence-electron chi connectivity index (χ1n) is 6.15. The van der Waals surface area contributed by atoms with Gasteiger partial charge in [0.25, 0.3) is 0 Å². The highest BCUT2D eigenvalue weighted by Crippen LogP contribution is 2.38. The van der Waals surface area contributed by atoms with Gasteiger partial charge in [-0.05, 0) is 25.7 Å². The van der Waals surface area contributed by atoms with Crippen LogP contribution in [0.15, 0.2) is 6.07 Å². The van der Waals surface area contributed by atoms with E-state index in [4.69, 9.17) is 11.6 Å². The summed E-state index contributed by atoms with van der Waals surface area (Å²) in [7, 11) is 0. The van der Waals surface area contributed by atoms with E-state index < -0.39 is 0 Å². The number of aliphatic hydroxyl groups excluding tert-OH is 1. The second-order valence-corrected chi connectivity index (χ2v) is 4.87. The molecule has 0 radical (unpaired) electrons. The molecule has 2 rings (SSSR count). The molecule has 1 saturated carbocycles. The Morgan fingerprint density at radius 3 is 2.94 bits per heavy atom. The Bertz CT molecular complexity index is 382. The van der Waals surface area contributed by atoms with Gasteiger partial charge in [-0.15, -0.1) is 0 Å². The van der Waals surface area contributed by atoms with Gasteiger partial charge in [0.15, 0.2) is 0 Å². The average Bonchev–Trinajstić information content (AvgIpc) is 3.12. The number of anilines is 1. The van der Waals surface area contributed by atoms with E-state index in [0.717, 1.165) is 37.3 Å². The minimum Gasteiger partial charge on any atom is -0.393 e. The van der Waals surface area contributed by atoms with Crippen LogP contribution in [0.4, 0.5) is 5.82 Å². The van der Waals surface area contributed by atoms with Gasteiger partial charge in [-0.3, -0.25) is 0 Å². The Labute approximate surface area is 106 Å². The van der Waals surface area contributed by atoms with Gasteiger partial charge >= 0.3 is 0 Å². The highest BCUT2D eigenvalue weighted by atomic mass is 35.5. The molecule has 5 heteroatoms. The Hall–Kier alpha value is -0.870. The molecular weight excluding hydrogens is 238 g/mol. The molecule has 94 valence electrons. The van der Waals surface area contributed by atoms with Gasteiger partial charge in [-0.1, -0.05) is 18.5 Å². The summed E-state index contributed by atoms with van der Waals surface area (Å²) >= 11 is 5.95. The van der Waals surface area contributed by atoms with Crippen LogP contribution in [0.3, 0.4) is 0 Å². The van der Waals surface area contributed by atoms with Crippen molar-refractivity contribution in [1.82, 2.24) is 9.97 Å². The normalized spacial score (nSPS) is 16.9. The maximum Gasteiger partial charge on any atom is 0.135 e. The number of hydrogen-bond donors (Lipinski definition) is 2. The van der Waals surface area contributed by atoms with Crippen LogP contribution in [0.2, 0.25) is 5.15 Å². The summed E-state index contributed by atoms with van der Waals surface area (Å²) < 4.78 is 0. The van der Waals surface area contributed by atoms with Gasteiger partial charge < -0.3 is 10.4 Å². The first-order valence-corrected chi connectivity index (χ1v) is 6.53. The minimum absolute atomic E-state index is 0.247. The summed E-state index contributed by atoms with van der Waals surface area (Å²) in [6, 6.07) is 1.73. The third-order valence-corrected chi connectivity index (χ3v) is 3.10. The van der Waals surface area contributed by atoms with Crippen LogP contribution >= 0.6 is 11.6 Å². The molecule has 0 spiro atoms. The zero-order chi connectivity index (χ0) is 12.3. The molecule has 0 aromatic carbocycles. The van der Waals surface area contributed by atoms with Crippen molar-refractivity contribution < 1.29 is 5.11 Å². The number of halogens is 1. The fraction of sp³-hybridized carbons (Fsp3) is 0.667. The predicted octanol–water partition coefficient (Wildman–Crippen LogP) is 2.58. The number of nitrogens with one attached hydrogen (secondary N) is 1. The smallest absolute Gasteiger partial charge is 0.135 e. The highest BCUT2D eigenvalue weighted by molar-refractivity contribution is 6.29. The summed E-state index contributed by atoms with van der Waals surface area (Å²) in [6.07, 6.45) is 3.57. The molecule has 1 aliphatic carbocycles. The van der Waals surface area contributed by atoms with Crippen LogP contribution in [0.1, 0.15) is 44.3 Å². The molecule has 1 aliphatic rings. The summed E-state index contributed by atoms with van der Waals surface area (Å²) in [6.45, 7) is 2.67. The fourth-order valence-corrected chi connectivity index (χ4v) is 1.81. The van der Waals surface area contributed by atoms with Gasteiger partial charge in [0.2, 0.25) is 0 Å². The minimum atomic E-state index is -0.247. The van der Waals surface area contributed by atoms with Crippen LogP contribution in [0, 0.1) is 0 Å². The van der Waals surface area contributed by atoms with Crippen molar-refractivity contribution in [3.63, 3.8) is 0 Å². The third-order valence-electron chi connectivity index (χ3n) is 2.91. The van der Waals surface area contributed by atoms with Crippen LogP contribution in [0.25, 0.3) is 0 Å². The highest BCUT2D eigenvalue weighted by Gasteiger charge is 2.27. The number of rotatable bonds is 6. The molecule has 0 amide bonds. The number of aliphatic hydroxyl groups is 1. The van der Waals surface area contributed by atoms with Crippen LogP contribution in [0.5, 0.6) is 0 Å². The van der Waals surface area contributed by atoms with Crippen molar-refractivity contribution in [2.45, 2.75) is 44.6 Å². The van der Waals surface area contributed by atoms with Crippen molar-refractivity contribution in [1.29, 1.82) is 0 Å². The topological polar surface area (TPSA) is 58.0 Å². The van der Waals surface area contributed by atoms with E-state index in [1.165, 1.54) is 0 Å². The molecule has 1 fully saturated rings. The zero-order valence-corrected chi connectivity index (χ0v) is 10.7. The van der Waals surface area contributed by atoms with Gasteiger partial charge in [-0.25, -0.2) is 9.97 Å². The number of nitrogens with zero attached hydrogens (tertiary/aromatic N) is 2. The van der Waals surface area contributed by atoms with Crippen molar-refractivity contribution in [3.8, 4) is 0 Å². The number of aromatic nitrogens is 2. The van der Waals surface area contributed by atoms with Gasteiger partial charge in [0.1, 0.15) is 16.8 Å². The molecule has 0 aliphatic heterocycles. The quantitative estimate of drug-likeness (QED) is 0.767.